The van der Waals surface area contributed by atoms with Gasteiger partial charge in [0.25, 0.3) is 0 Å². The first-order valence-electron chi connectivity index (χ1n) is 8.32. The van der Waals surface area contributed by atoms with Crippen molar-refractivity contribution < 1.29 is 4.79 Å². The summed E-state index contributed by atoms with van der Waals surface area (Å²) in [5, 5.41) is 4.87. The molecule has 1 aliphatic rings. The summed E-state index contributed by atoms with van der Waals surface area (Å²) in [6.45, 7) is 6.99. The Morgan fingerprint density at radius 1 is 1.35 bits per heavy atom. The molecule has 124 valence electrons. The van der Waals surface area contributed by atoms with Gasteiger partial charge in [-0.2, -0.15) is 0 Å². The molecular formula is C18H24ClN3O. The predicted molar refractivity (Wildman–Crippen MR) is 94.6 cm³/mol. The van der Waals surface area contributed by atoms with Crippen molar-refractivity contribution >= 4 is 28.4 Å². The van der Waals surface area contributed by atoms with Crippen molar-refractivity contribution in [3.05, 3.63) is 35.0 Å². The summed E-state index contributed by atoms with van der Waals surface area (Å²) in [6, 6.07) is 8.37. The lowest BCUT2D eigenvalue weighted by Crippen LogP contribution is -2.42. The van der Waals surface area contributed by atoms with Crippen molar-refractivity contribution in [2.75, 3.05) is 13.1 Å². The Kier molecular flexibility index (Phi) is 4.93. The molecule has 23 heavy (non-hydrogen) atoms. The van der Waals surface area contributed by atoms with Gasteiger partial charge in [0.15, 0.2) is 0 Å². The Bertz CT molecular complexity index is 687. The van der Waals surface area contributed by atoms with Crippen molar-refractivity contribution in [1.29, 1.82) is 0 Å². The van der Waals surface area contributed by atoms with E-state index in [1.54, 1.807) is 0 Å². The molecular weight excluding hydrogens is 310 g/mol. The van der Waals surface area contributed by atoms with Crippen LogP contribution in [0.4, 0.5) is 0 Å². The average Bonchev–Trinajstić information content (AvgIpc) is 2.94. The van der Waals surface area contributed by atoms with E-state index in [0.29, 0.717) is 12.6 Å². The number of likely N-dealkylation sites (tertiary alicyclic amines) is 1. The number of carbonyl (C=O) groups excluding carboxylic acids is 1. The molecule has 1 aromatic carbocycles. The first kappa shape index (κ1) is 16.3. The van der Waals surface area contributed by atoms with E-state index in [2.05, 4.69) is 29.0 Å². The summed E-state index contributed by atoms with van der Waals surface area (Å²) in [5.41, 5.74) is 2.05. The van der Waals surface area contributed by atoms with E-state index in [-0.39, 0.29) is 11.8 Å². The van der Waals surface area contributed by atoms with Crippen LogP contribution in [0.3, 0.4) is 0 Å². The van der Waals surface area contributed by atoms with Crippen LogP contribution < -0.4 is 5.32 Å². The highest BCUT2D eigenvalue weighted by Crippen LogP contribution is 2.21. The summed E-state index contributed by atoms with van der Waals surface area (Å²) in [7, 11) is 0. The van der Waals surface area contributed by atoms with Crippen molar-refractivity contribution in [3.63, 3.8) is 0 Å². The zero-order chi connectivity index (χ0) is 16.4. The average molecular weight is 334 g/mol. The van der Waals surface area contributed by atoms with Crippen LogP contribution in [0.2, 0.25) is 5.02 Å². The lowest BCUT2D eigenvalue weighted by atomic mass is 9.95. The van der Waals surface area contributed by atoms with Crippen LogP contribution in [0.5, 0.6) is 0 Å². The van der Waals surface area contributed by atoms with Gasteiger partial charge in [-0.05, 0) is 64.0 Å². The van der Waals surface area contributed by atoms with Gasteiger partial charge in [-0.3, -0.25) is 4.79 Å². The highest BCUT2D eigenvalue weighted by molar-refractivity contribution is 6.31. The molecule has 5 heteroatoms. The van der Waals surface area contributed by atoms with Gasteiger partial charge in [0.2, 0.25) is 5.91 Å². The number of halogens is 1. The van der Waals surface area contributed by atoms with Crippen LogP contribution in [-0.4, -0.2) is 34.9 Å². The molecule has 0 radical (unpaired) electrons. The normalized spacial score (nSPS) is 17.0. The van der Waals surface area contributed by atoms with Gasteiger partial charge in [-0.25, -0.2) is 0 Å². The third-order valence-corrected chi connectivity index (χ3v) is 4.96. The van der Waals surface area contributed by atoms with Gasteiger partial charge in [-0.1, -0.05) is 11.6 Å². The number of hydrogen-bond acceptors (Lipinski definition) is 2. The number of carbonyl (C=O) groups is 1. The van der Waals surface area contributed by atoms with Crippen LogP contribution in [0, 0.1) is 5.92 Å². The molecule has 1 saturated heterocycles. The minimum atomic E-state index is 0.142. The van der Waals surface area contributed by atoms with Crippen LogP contribution in [-0.2, 0) is 11.3 Å². The van der Waals surface area contributed by atoms with Gasteiger partial charge in [0.1, 0.15) is 0 Å². The zero-order valence-electron chi connectivity index (χ0n) is 13.7. The number of amides is 1. The zero-order valence-corrected chi connectivity index (χ0v) is 14.5. The van der Waals surface area contributed by atoms with Gasteiger partial charge < -0.3 is 15.2 Å². The summed E-state index contributed by atoms with van der Waals surface area (Å²) >= 11 is 6.00. The van der Waals surface area contributed by atoms with Gasteiger partial charge in [0.05, 0.1) is 6.54 Å². The maximum atomic E-state index is 12.4. The van der Waals surface area contributed by atoms with Crippen LogP contribution in [0.25, 0.3) is 10.9 Å². The molecule has 2 heterocycles. The van der Waals surface area contributed by atoms with Gasteiger partial charge >= 0.3 is 0 Å². The molecule has 1 amide bonds. The maximum absolute atomic E-state index is 12.4. The lowest BCUT2D eigenvalue weighted by Gasteiger charge is -2.33. The van der Waals surface area contributed by atoms with Gasteiger partial charge in [0, 0.05) is 33.6 Å². The van der Waals surface area contributed by atoms with E-state index < -0.39 is 0 Å². The Labute approximate surface area is 142 Å². The lowest BCUT2D eigenvalue weighted by molar-refractivity contribution is -0.126. The quantitative estimate of drug-likeness (QED) is 0.898. The predicted octanol–water partition coefficient (Wildman–Crippen LogP) is 3.56. The number of rotatable bonds is 4. The van der Waals surface area contributed by atoms with E-state index >= 15 is 0 Å². The summed E-state index contributed by atoms with van der Waals surface area (Å²) in [5.74, 6) is 0.314. The Morgan fingerprint density at radius 3 is 2.78 bits per heavy atom. The number of H-pyrrole nitrogens is 1. The molecule has 0 atom stereocenters. The van der Waals surface area contributed by atoms with Crippen molar-refractivity contribution in [2.24, 2.45) is 5.92 Å². The highest BCUT2D eigenvalue weighted by atomic mass is 35.5. The first-order chi connectivity index (χ1) is 11.0. The minimum absolute atomic E-state index is 0.142. The second kappa shape index (κ2) is 6.93. The Morgan fingerprint density at radius 2 is 2.09 bits per heavy atom. The molecule has 0 bridgehead atoms. The van der Waals surface area contributed by atoms with E-state index in [1.165, 1.54) is 0 Å². The molecule has 0 aliphatic carbocycles. The molecule has 1 aliphatic heterocycles. The smallest absolute Gasteiger partial charge is 0.223 e. The molecule has 0 saturated carbocycles. The number of hydrogen-bond donors (Lipinski definition) is 2. The van der Waals surface area contributed by atoms with Crippen molar-refractivity contribution in [3.8, 4) is 0 Å². The third-order valence-electron chi connectivity index (χ3n) is 4.72. The fourth-order valence-electron chi connectivity index (χ4n) is 3.26. The van der Waals surface area contributed by atoms with Crippen LogP contribution in [0.1, 0.15) is 32.4 Å². The van der Waals surface area contributed by atoms with E-state index in [0.717, 1.165) is 47.6 Å². The summed E-state index contributed by atoms with van der Waals surface area (Å²) < 4.78 is 0. The topological polar surface area (TPSA) is 48.1 Å². The van der Waals surface area contributed by atoms with E-state index in [9.17, 15) is 4.79 Å². The molecule has 1 fully saturated rings. The monoisotopic (exact) mass is 333 g/mol. The number of aromatic nitrogens is 1. The minimum Gasteiger partial charge on any atom is -0.357 e. The summed E-state index contributed by atoms with van der Waals surface area (Å²) in [6.07, 6.45) is 1.90. The van der Waals surface area contributed by atoms with Crippen LogP contribution >= 0.6 is 11.6 Å². The number of aromatic amines is 1. The fraction of sp³-hybridized carbons (Fsp3) is 0.500. The maximum Gasteiger partial charge on any atom is 0.223 e. The standard InChI is InChI=1S/C18H24ClN3O/c1-12(2)22-7-5-13(6-8-22)18(23)20-11-16-10-14-9-15(19)3-4-17(14)21-16/h3-4,9-10,12-13,21H,5-8,11H2,1-2H3,(H,20,23). The molecule has 2 aromatic rings. The summed E-state index contributed by atoms with van der Waals surface area (Å²) in [4.78, 5) is 18.1. The Hall–Kier alpha value is -1.52. The second-order valence-corrected chi connectivity index (χ2v) is 7.08. The second-order valence-electron chi connectivity index (χ2n) is 6.65. The highest BCUT2D eigenvalue weighted by Gasteiger charge is 2.25. The largest absolute Gasteiger partial charge is 0.357 e. The molecule has 2 N–H and O–H groups in total. The third kappa shape index (κ3) is 3.88. The number of piperidine rings is 1. The molecule has 0 spiro atoms. The fourth-order valence-corrected chi connectivity index (χ4v) is 3.44. The Balaban J connectivity index is 1.54. The van der Waals surface area contributed by atoms with Gasteiger partial charge in [-0.15, -0.1) is 0 Å². The SMILES string of the molecule is CC(C)N1CCC(C(=O)NCc2cc3cc(Cl)ccc3[nH]2)CC1. The molecule has 0 unspecified atom stereocenters. The molecule has 4 nitrogen and oxygen atoms in total. The number of benzene rings is 1. The number of fused-ring (bicyclic) bond motifs is 1. The molecule has 1 aromatic heterocycles. The van der Waals surface area contributed by atoms with E-state index in [1.807, 2.05) is 24.3 Å². The number of nitrogens with zero attached hydrogens (tertiary/aromatic N) is 1. The van der Waals surface area contributed by atoms with Crippen molar-refractivity contribution in [1.82, 2.24) is 15.2 Å². The van der Waals surface area contributed by atoms with E-state index in [4.69, 9.17) is 11.6 Å². The first-order valence-corrected chi connectivity index (χ1v) is 8.69. The molecule has 3 rings (SSSR count). The van der Waals surface area contributed by atoms with Crippen LogP contribution in [0.15, 0.2) is 24.3 Å². The number of nitrogens with one attached hydrogen (secondary N) is 2. The van der Waals surface area contributed by atoms with Crippen molar-refractivity contribution in [2.45, 2.75) is 39.3 Å².